The Bertz CT molecular complexity index is 566. The first-order valence-corrected chi connectivity index (χ1v) is 5.50. The summed E-state index contributed by atoms with van der Waals surface area (Å²) in [4.78, 5) is 11.9. The highest BCUT2D eigenvalue weighted by molar-refractivity contribution is 5.93. The van der Waals surface area contributed by atoms with Crippen LogP contribution in [-0.4, -0.2) is 11.1 Å². The summed E-state index contributed by atoms with van der Waals surface area (Å²) in [6.45, 7) is 0.282. The lowest BCUT2D eigenvalue weighted by Gasteiger charge is -2.09. The van der Waals surface area contributed by atoms with Crippen LogP contribution in [0.3, 0.4) is 0 Å². The largest absolute Gasteiger partial charge is 0.507 e. The summed E-state index contributed by atoms with van der Waals surface area (Å²) in [5.74, 6) is -0.296. The van der Waals surface area contributed by atoms with Gasteiger partial charge in [0, 0.05) is 12.1 Å². The molecule has 0 aliphatic heterocycles. The van der Waals surface area contributed by atoms with Gasteiger partial charge in [0.2, 0.25) is 0 Å². The van der Waals surface area contributed by atoms with Crippen LogP contribution in [0.5, 0.6) is 11.5 Å². The molecule has 0 bridgehead atoms. The molecular weight excluding hydrogens is 230 g/mol. The fourth-order valence-electron chi connectivity index (χ4n) is 1.57. The lowest BCUT2D eigenvalue weighted by Crippen LogP contribution is -2.11. The van der Waals surface area contributed by atoms with E-state index in [0.717, 1.165) is 5.56 Å². The standard InChI is InChI=1S/C14H13NO3/c15-9-10-5-1-4-8-13(10)18-14(17)11-6-2-3-7-12(11)16/h1-8,16H,9,15H2. The number of para-hydroxylation sites is 2. The van der Waals surface area contributed by atoms with E-state index in [1.165, 1.54) is 12.1 Å². The molecule has 4 nitrogen and oxygen atoms in total. The van der Waals surface area contributed by atoms with Gasteiger partial charge in [-0.3, -0.25) is 0 Å². The molecule has 4 heteroatoms. The topological polar surface area (TPSA) is 72.5 Å². The number of hydrogen-bond donors (Lipinski definition) is 2. The van der Waals surface area contributed by atoms with Crippen LogP contribution in [0.1, 0.15) is 15.9 Å². The zero-order valence-electron chi connectivity index (χ0n) is 9.67. The first-order valence-electron chi connectivity index (χ1n) is 5.50. The maximum absolute atomic E-state index is 11.9. The molecule has 18 heavy (non-hydrogen) atoms. The first kappa shape index (κ1) is 12.1. The fraction of sp³-hybridized carbons (Fsp3) is 0.0714. The minimum Gasteiger partial charge on any atom is -0.507 e. The minimum absolute atomic E-state index is 0.104. The number of carbonyl (C=O) groups is 1. The van der Waals surface area contributed by atoms with Crippen LogP contribution < -0.4 is 10.5 Å². The van der Waals surface area contributed by atoms with Crippen molar-refractivity contribution < 1.29 is 14.6 Å². The molecule has 0 radical (unpaired) electrons. The Kier molecular flexibility index (Phi) is 3.60. The highest BCUT2D eigenvalue weighted by atomic mass is 16.5. The Balaban J connectivity index is 2.24. The van der Waals surface area contributed by atoms with Crippen LogP contribution in [0.4, 0.5) is 0 Å². The average molecular weight is 243 g/mol. The Hall–Kier alpha value is -2.33. The van der Waals surface area contributed by atoms with Crippen molar-refractivity contribution >= 4 is 5.97 Å². The summed E-state index contributed by atoms with van der Waals surface area (Å²) < 4.78 is 5.22. The van der Waals surface area contributed by atoms with E-state index >= 15 is 0 Å². The lowest BCUT2D eigenvalue weighted by atomic mass is 10.2. The predicted octanol–water partition coefficient (Wildman–Crippen LogP) is 2.07. The molecule has 2 aromatic carbocycles. The number of aromatic hydroxyl groups is 1. The van der Waals surface area contributed by atoms with Crippen LogP contribution in [0.25, 0.3) is 0 Å². The van der Waals surface area contributed by atoms with Gasteiger partial charge < -0.3 is 15.6 Å². The normalized spacial score (nSPS) is 10.1. The molecule has 2 aromatic rings. The van der Waals surface area contributed by atoms with Gasteiger partial charge in [-0.2, -0.15) is 0 Å². The van der Waals surface area contributed by atoms with Gasteiger partial charge in [-0.1, -0.05) is 30.3 Å². The Morgan fingerprint density at radius 3 is 2.50 bits per heavy atom. The third kappa shape index (κ3) is 2.49. The van der Waals surface area contributed by atoms with E-state index in [2.05, 4.69) is 0 Å². The number of phenols is 1. The first-order chi connectivity index (χ1) is 8.72. The van der Waals surface area contributed by atoms with E-state index < -0.39 is 5.97 Å². The average Bonchev–Trinajstić information content (AvgIpc) is 2.39. The second kappa shape index (κ2) is 5.33. The maximum Gasteiger partial charge on any atom is 0.347 e. The highest BCUT2D eigenvalue weighted by Crippen LogP contribution is 2.21. The molecular formula is C14H13NO3. The van der Waals surface area contributed by atoms with Crippen molar-refractivity contribution in [3.8, 4) is 11.5 Å². The van der Waals surface area contributed by atoms with Gasteiger partial charge in [0.05, 0.1) is 0 Å². The molecule has 2 rings (SSSR count). The van der Waals surface area contributed by atoms with Crippen LogP contribution in [0.2, 0.25) is 0 Å². The molecule has 0 aliphatic rings. The Morgan fingerprint density at radius 1 is 1.11 bits per heavy atom. The summed E-state index contributed by atoms with van der Waals surface area (Å²) in [6.07, 6.45) is 0. The summed E-state index contributed by atoms with van der Waals surface area (Å²) >= 11 is 0. The second-order valence-corrected chi connectivity index (χ2v) is 3.72. The molecule has 0 heterocycles. The molecule has 3 N–H and O–H groups in total. The van der Waals surface area contributed by atoms with Crippen LogP contribution >= 0.6 is 0 Å². The van der Waals surface area contributed by atoms with Gasteiger partial charge in [-0.25, -0.2) is 4.79 Å². The highest BCUT2D eigenvalue weighted by Gasteiger charge is 2.14. The van der Waals surface area contributed by atoms with Gasteiger partial charge in [0.25, 0.3) is 0 Å². The van der Waals surface area contributed by atoms with Crippen molar-refractivity contribution in [3.63, 3.8) is 0 Å². The van der Waals surface area contributed by atoms with Crippen LogP contribution in [-0.2, 0) is 6.54 Å². The molecule has 0 fully saturated rings. The number of rotatable bonds is 3. The van der Waals surface area contributed by atoms with Crippen molar-refractivity contribution in [2.45, 2.75) is 6.54 Å². The molecule has 0 spiro atoms. The monoisotopic (exact) mass is 243 g/mol. The van der Waals surface area contributed by atoms with Crippen molar-refractivity contribution in [2.24, 2.45) is 5.73 Å². The van der Waals surface area contributed by atoms with E-state index in [-0.39, 0.29) is 17.9 Å². The Morgan fingerprint density at radius 2 is 1.78 bits per heavy atom. The predicted molar refractivity (Wildman–Crippen MR) is 67.4 cm³/mol. The third-order valence-corrected chi connectivity index (χ3v) is 2.52. The molecule has 0 amide bonds. The van der Waals surface area contributed by atoms with Crippen molar-refractivity contribution in [1.29, 1.82) is 0 Å². The number of nitrogens with two attached hydrogens (primary N) is 1. The SMILES string of the molecule is NCc1ccccc1OC(=O)c1ccccc1O. The van der Waals surface area contributed by atoms with Crippen molar-refractivity contribution in [3.05, 3.63) is 59.7 Å². The molecule has 0 saturated heterocycles. The van der Waals surface area contributed by atoms with Gasteiger partial charge in [-0.05, 0) is 18.2 Å². The Labute approximate surface area is 105 Å². The number of hydrogen-bond acceptors (Lipinski definition) is 4. The molecule has 0 unspecified atom stereocenters. The summed E-state index contributed by atoms with van der Waals surface area (Å²) in [5.41, 5.74) is 6.42. The summed E-state index contributed by atoms with van der Waals surface area (Å²) in [6, 6.07) is 13.3. The zero-order valence-corrected chi connectivity index (χ0v) is 9.67. The lowest BCUT2D eigenvalue weighted by molar-refractivity contribution is 0.0730. The number of ether oxygens (including phenoxy) is 1. The molecule has 0 saturated carbocycles. The van der Waals surface area contributed by atoms with E-state index in [0.29, 0.717) is 5.75 Å². The molecule has 0 atom stereocenters. The molecule has 0 aromatic heterocycles. The zero-order chi connectivity index (χ0) is 13.0. The van der Waals surface area contributed by atoms with Gasteiger partial charge >= 0.3 is 5.97 Å². The number of phenolic OH excluding ortho intramolecular Hbond substituents is 1. The molecule has 0 aliphatic carbocycles. The molecule has 92 valence electrons. The van der Waals surface area contributed by atoms with Gasteiger partial charge in [0.1, 0.15) is 17.1 Å². The van der Waals surface area contributed by atoms with Crippen LogP contribution in [0.15, 0.2) is 48.5 Å². The minimum atomic E-state index is -0.603. The smallest absolute Gasteiger partial charge is 0.347 e. The number of esters is 1. The van der Waals surface area contributed by atoms with Crippen molar-refractivity contribution in [2.75, 3.05) is 0 Å². The number of carbonyl (C=O) groups excluding carboxylic acids is 1. The van der Waals surface area contributed by atoms with Crippen LogP contribution in [0, 0.1) is 0 Å². The van der Waals surface area contributed by atoms with E-state index in [4.69, 9.17) is 10.5 Å². The summed E-state index contributed by atoms with van der Waals surface area (Å²) in [5, 5.41) is 9.56. The maximum atomic E-state index is 11.9. The van der Waals surface area contributed by atoms with E-state index in [1.54, 1.807) is 30.3 Å². The van der Waals surface area contributed by atoms with Gasteiger partial charge in [0.15, 0.2) is 0 Å². The van der Waals surface area contributed by atoms with E-state index in [9.17, 15) is 9.90 Å². The summed E-state index contributed by atoms with van der Waals surface area (Å²) in [7, 11) is 0. The second-order valence-electron chi connectivity index (χ2n) is 3.72. The number of benzene rings is 2. The fourth-order valence-corrected chi connectivity index (χ4v) is 1.57. The van der Waals surface area contributed by atoms with E-state index in [1.807, 2.05) is 6.07 Å². The van der Waals surface area contributed by atoms with Crippen molar-refractivity contribution in [1.82, 2.24) is 0 Å². The third-order valence-electron chi connectivity index (χ3n) is 2.52. The van der Waals surface area contributed by atoms with Gasteiger partial charge in [-0.15, -0.1) is 0 Å². The quantitative estimate of drug-likeness (QED) is 0.639.